The normalized spacial score (nSPS) is 11.5. The van der Waals surface area contributed by atoms with Crippen molar-refractivity contribution in [1.82, 2.24) is 4.57 Å². The molecule has 3 nitrogen and oxygen atoms in total. The first kappa shape index (κ1) is 36.5. The Bertz CT molecular complexity index is 3530. The standard InChI is InChI=1S/C60H40N2O/c1-2-12-41(13-3-1)47-14-10-15-51(40-47)61(48-34-28-43(29-35-48)42-24-26-46(27-25-42)52-19-11-23-59-60(52)55-18-6-9-22-58(55)63-59)49-36-30-44(31-37-49)45-32-38-50(39-33-45)62-56-20-7-4-16-53(56)54-17-5-8-21-57(54)62/h1-40H. The van der Waals surface area contributed by atoms with Gasteiger partial charge in [-0.25, -0.2) is 0 Å². The minimum atomic E-state index is 0.909. The van der Waals surface area contributed by atoms with Crippen LogP contribution in [0.3, 0.4) is 0 Å². The maximum Gasteiger partial charge on any atom is 0.136 e. The quantitative estimate of drug-likeness (QED) is 0.153. The van der Waals surface area contributed by atoms with Crippen LogP contribution in [-0.2, 0) is 0 Å². The van der Waals surface area contributed by atoms with Crippen LogP contribution in [0.25, 0.3) is 93.9 Å². The van der Waals surface area contributed by atoms with Gasteiger partial charge in [0.05, 0.1) is 11.0 Å². The molecule has 0 saturated carbocycles. The number of furan rings is 1. The van der Waals surface area contributed by atoms with E-state index in [-0.39, 0.29) is 0 Å². The van der Waals surface area contributed by atoms with Crippen molar-refractivity contribution in [2.45, 2.75) is 0 Å². The lowest BCUT2D eigenvalue weighted by molar-refractivity contribution is 0.669. The van der Waals surface area contributed by atoms with Gasteiger partial charge >= 0.3 is 0 Å². The third-order valence-corrected chi connectivity index (χ3v) is 12.4. The Balaban J connectivity index is 0.870. The molecule has 0 radical (unpaired) electrons. The number of nitrogens with zero attached hydrogens (tertiary/aromatic N) is 2. The van der Waals surface area contributed by atoms with Crippen LogP contribution >= 0.6 is 0 Å². The third kappa shape index (κ3) is 6.46. The first-order valence-electron chi connectivity index (χ1n) is 21.5. The molecule has 0 aliphatic rings. The second-order valence-electron chi connectivity index (χ2n) is 16.1. The van der Waals surface area contributed by atoms with Gasteiger partial charge in [0.25, 0.3) is 0 Å². The molecular weight excluding hydrogens is 765 g/mol. The van der Waals surface area contributed by atoms with E-state index in [1.807, 2.05) is 12.1 Å². The predicted octanol–water partition coefficient (Wildman–Crippen LogP) is 16.8. The first-order valence-corrected chi connectivity index (χ1v) is 21.5. The molecule has 12 rings (SSSR count). The Kier molecular flexibility index (Phi) is 8.83. The molecule has 296 valence electrons. The number of fused-ring (bicyclic) bond motifs is 6. The highest BCUT2D eigenvalue weighted by molar-refractivity contribution is 6.12. The molecule has 0 unspecified atom stereocenters. The maximum atomic E-state index is 6.19. The van der Waals surface area contributed by atoms with E-state index in [1.54, 1.807) is 0 Å². The molecule has 0 amide bonds. The Morgan fingerprint density at radius 2 is 0.762 bits per heavy atom. The smallest absolute Gasteiger partial charge is 0.136 e. The van der Waals surface area contributed by atoms with Crippen LogP contribution in [0.1, 0.15) is 0 Å². The first-order chi connectivity index (χ1) is 31.2. The molecule has 2 aromatic heterocycles. The van der Waals surface area contributed by atoms with Gasteiger partial charge < -0.3 is 13.9 Å². The highest BCUT2D eigenvalue weighted by Gasteiger charge is 2.17. The van der Waals surface area contributed by atoms with Gasteiger partial charge in [0, 0.05) is 44.3 Å². The van der Waals surface area contributed by atoms with Crippen molar-refractivity contribution < 1.29 is 4.42 Å². The van der Waals surface area contributed by atoms with Gasteiger partial charge in [-0.15, -0.1) is 0 Å². The van der Waals surface area contributed by atoms with Crippen LogP contribution in [0.4, 0.5) is 17.1 Å². The van der Waals surface area contributed by atoms with Crippen LogP contribution in [0.5, 0.6) is 0 Å². The zero-order valence-electron chi connectivity index (χ0n) is 34.4. The SMILES string of the molecule is c1ccc(-c2cccc(N(c3ccc(-c4ccc(-c5cccc6oc7ccccc7c56)cc4)cc3)c3ccc(-c4ccc(-n5c6ccccc6c6ccccc65)cc4)cc3)c2)cc1. The number of hydrogen-bond donors (Lipinski definition) is 0. The molecule has 0 spiro atoms. The van der Waals surface area contributed by atoms with E-state index < -0.39 is 0 Å². The average Bonchev–Trinajstić information content (AvgIpc) is 3.91. The monoisotopic (exact) mass is 804 g/mol. The fourth-order valence-electron chi connectivity index (χ4n) is 9.37. The van der Waals surface area contributed by atoms with E-state index >= 15 is 0 Å². The van der Waals surface area contributed by atoms with Gasteiger partial charge in [0.2, 0.25) is 0 Å². The summed E-state index contributed by atoms with van der Waals surface area (Å²) in [4.78, 5) is 2.35. The molecule has 10 aromatic carbocycles. The highest BCUT2D eigenvalue weighted by Crippen LogP contribution is 2.41. The number of anilines is 3. The zero-order chi connectivity index (χ0) is 41.7. The van der Waals surface area contributed by atoms with Gasteiger partial charge in [-0.2, -0.15) is 0 Å². The van der Waals surface area contributed by atoms with E-state index in [4.69, 9.17) is 4.42 Å². The summed E-state index contributed by atoms with van der Waals surface area (Å²) in [5, 5.41) is 4.83. The molecule has 0 aliphatic heterocycles. The van der Waals surface area contributed by atoms with Crippen LogP contribution in [0, 0.1) is 0 Å². The van der Waals surface area contributed by atoms with Gasteiger partial charge in [0.1, 0.15) is 11.2 Å². The van der Waals surface area contributed by atoms with E-state index in [2.05, 4.69) is 240 Å². The average molecular weight is 805 g/mol. The molecule has 0 aliphatic carbocycles. The summed E-state index contributed by atoms with van der Waals surface area (Å²) in [5.74, 6) is 0. The molecule has 3 heteroatoms. The molecular formula is C60H40N2O. The molecule has 63 heavy (non-hydrogen) atoms. The molecule has 0 fully saturated rings. The van der Waals surface area contributed by atoms with Crippen molar-refractivity contribution in [2.24, 2.45) is 0 Å². The Morgan fingerprint density at radius 3 is 1.40 bits per heavy atom. The van der Waals surface area contributed by atoms with Crippen molar-refractivity contribution >= 4 is 60.8 Å². The van der Waals surface area contributed by atoms with Crippen LogP contribution in [-0.4, -0.2) is 4.57 Å². The minimum absolute atomic E-state index is 0.909. The number of para-hydroxylation sites is 3. The highest BCUT2D eigenvalue weighted by atomic mass is 16.3. The fraction of sp³-hybridized carbons (Fsp3) is 0. The van der Waals surface area contributed by atoms with Crippen molar-refractivity contribution in [2.75, 3.05) is 4.90 Å². The zero-order valence-corrected chi connectivity index (χ0v) is 34.4. The van der Waals surface area contributed by atoms with Crippen molar-refractivity contribution in [3.8, 4) is 50.2 Å². The summed E-state index contributed by atoms with van der Waals surface area (Å²) >= 11 is 0. The summed E-state index contributed by atoms with van der Waals surface area (Å²) in [7, 11) is 0. The molecule has 2 heterocycles. The number of benzene rings is 10. The summed E-state index contributed by atoms with van der Waals surface area (Å²) in [6, 6.07) is 87.0. The number of aromatic nitrogens is 1. The minimum Gasteiger partial charge on any atom is -0.456 e. The van der Waals surface area contributed by atoms with E-state index in [1.165, 1.54) is 60.8 Å². The van der Waals surface area contributed by atoms with Gasteiger partial charge in [-0.05, 0) is 117 Å². The van der Waals surface area contributed by atoms with Crippen molar-refractivity contribution in [3.63, 3.8) is 0 Å². The molecule has 0 bridgehead atoms. The molecule has 0 saturated heterocycles. The predicted molar refractivity (Wildman–Crippen MR) is 264 cm³/mol. The molecule has 0 N–H and O–H groups in total. The lowest BCUT2D eigenvalue weighted by Crippen LogP contribution is -2.10. The van der Waals surface area contributed by atoms with Crippen LogP contribution in [0.15, 0.2) is 247 Å². The Hall–Kier alpha value is -8.40. The topological polar surface area (TPSA) is 21.3 Å². The van der Waals surface area contributed by atoms with E-state index in [9.17, 15) is 0 Å². The second kappa shape index (κ2) is 15.3. The third-order valence-electron chi connectivity index (χ3n) is 12.4. The van der Waals surface area contributed by atoms with Gasteiger partial charge in [0.15, 0.2) is 0 Å². The summed E-state index contributed by atoms with van der Waals surface area (Å²) < 4.78 is 8.55. The fourth-order valence-corrected chi connectivity index (χ4v) is 9.37. The summed E-state index contributed by atoms with van der Waals surface area (Å²) in [6.07, 6.45) is 0. The summed E-state index contributed by atoms with van der Waals surface area (Å²) in [6.45, 7) is 0. The van der Waals surface area contributed by atoms with Crippen molar-refractivity contribution in [1.29, 1.82) is 0 Å². The second-order valence-corrected chi connectivity index (χ2v) is 16.1. The summed E-state index contributed by atoms with van der Waals surface area (Å²) in [5.41, 5.74) is 18.0. The van der Waals surface area contributed by atoms with Crippen LogP contribution < -0.4 is 4.90 Å². The lowest BCUT2D eigenvalue weighted by atomic mass is 9.97. The molecule has 0 atom stereocenters. The van der Waals surface area contributed by atoms with Gasteiger partial charge in [-0.3, -0.25) is 0 Å². The Morgan fingerprint density at radius 1 is 0.302 bits per heavy atom. The lowest BCUT2D eigenvalue weighted by Gasteiger charge is -2.26. The van der Waals surface area contributed by atoms with Crippen LogP contribution in [0.2, 0.25) is 0 Å². The van der Waals surface area contributed by atoms with E-state index in [0.717, 1.165) is 50.3 Å². The van der Waals surface area contributed by atoms with E-state index in [0.29, 0.717) is 0 Å². The number of hydrogen-bond acceptors (Lipinski definition) is 2. The maximum absolute atomic E-state index is 6.19. The molecule has 12 aromatic rings. The van der Waals surface area contributed by atoms with Crippen molar-refractivity contribution in [3.05, 3.63) is 243 Å². The largest absolute Gasteiger partial charge is 0.456 e. The van der Waals surface area contributed by atoms with Gasteiger partial charge in [-0.1, -0.05) is 170 Å². The Labute approximate surface area is 366 Å². The number of rotatable bonds is 8.